The first-order valence-corrected chi connectivity index (χ1v) is 9.20. The first-order chi connectivity index (χ1) is 14.0. The minimum absolute atomic E-state index is 0.120. The molecule has 4 aromatic rings. The molecule has 1 N–H and O–H groups in total. The molecule has 146 valence electrons. The van der Waals surface area contributed by atoms with E-state index < -0.39 is 0 Å². The summed E-state index contributed by atoms with van der Waals surface area (Å²) in [5.74, 6) is -0.00564. The highest BCUT2D eigenvalue weighted by atomic mass is 19.1. The standard InChI is InChI=1S/C22H20FN5O/c1-15-12-20(25-27(15)2)24-21(29)13-17-14-28(19-6-4-3-5-7-19)26-22(17)16-8-10-18(23)11-9-16/h3-12,14H,13H2,1-2H3,(H,24,25,29). The monoisotopic (exact) mass is 389 g/mol. The molecule has 0 bridgehead atoms. The third kappa shape index (κ3) is 4.08. The van der Waals surface area contributed by atoms with E-state index in [1.54, 1.807) is 21.5 Å². The Morgan fingerprint density at radius 3 is 2.45 bits per heavy atom. The van der Waals surface area contributed by atoms with Crippen molar-refractivity contribution in [1.82, 2.24) is 19.6 Å². The molecule has 2 aromatic carbocycles. The van der Waals surface area contributed by atoms with Crippen LogP contribution in [-0.4, -0.2) is 25.5 Å². The molecule has 0 radical (unpaired) electrons. The number of amides is 1. The van der Waals surface area contributed by atoms with Gasteiger partial charge in [0.15, 0.2) is 5.82 Å². The van der Waals surface area contributed by atoms with Crippen LogP contribution < -0.4 is 5.32 Å². The molecular weight excluding hydrogens is 369 g/mol. The van der Waals surface area contributed by atoms with Crippen molar-refractivity contribution >= 4 is 11.7 Å². The predicted octanol–water partition coefficient (Wildman–Crippen LogP) is 3.90. The molecule has 0 saturated heterocycles. The molecule has 1 amide bonds. The number of nitrogens with one attached hydrogen (secondary N) is 1. The van der Waals surface area contributed by atoms with Crippen molar-refractivity contribution in [2.45, 2.75) is 13.3 Å². The minimum atomic E-state index is -0.318. The first kappa shape index (κ1) is 18.6. The lowest BCUT2D eigenvalue weighted by atomic mass is 10.1. The summed E-state index contributed by atoms with van der Waals surface area (Å²) in [7, 11) is 1.82. The summed E-state index contributed by atoms with van der Waals surface area (Å²) in [6.07, 6.45) is 1.95. The molecule has 4 rings (SSSR count). The second-order valence-electron chi connectivity index (χ2n) is 6.81. The molecule has 7 heteroatoms. The van der Waals surface area contributed by atoms with Crippen LogP contribution in [0.15, 0.2) is 66.9 Å². The molecule has 0 atom stereocenters. The highest BCUT2D eigenvalue weighted by Gasteiger charge is 2.16. The number of benzene rings is 2. The average Bonchev–Trinajstić information content (AvgIpc) is 3.26. The Morgan fingerprint density at radius 1 is 1.07 bits per heavy atom. The van der Waals surface area contributed by atoms with Crippen LogP contribution in [0.3, 0.4) is 0 Å². The van der Waals surface area contributed by atoms with E-state index in [4.69, 9.17) is 0 Å². The number of aromatic nitrogens is 4. The molecule has 0 aliphatic heterocycles. The minimum Gasteiger partial charge on any atom is -0.309 e. The van der Waals surface area contributed by atoms with Crippen LogP contribution in [0.4, 0.5) is 10.2 Å². The largest absolute Gasteiger partial charge is 0.309 e. The van der Waals surface area contributed by atoms with Gasteiger partial charge in [0.1, 0.15) is 5.82 Å². The van der Waals surface area contributed by atoms with E-state index in [9.17, 15) is 9.18 Å². The van der Waals surface area contributed by atoms with E-state index >= 15 is 0 Å². The van der Waals surface area contributed by atoms with Crippen molar-refractivity contribution < 1.29 is 9.18 Å². The molecule has 0 aliphatic rings. The highest BCUT2D eigenvalue weighted by molar-refractivity contribution is 5.92. The number of rotatable bonds is 5. The fraction of sp³-hybridized carbons (Fsp3) is 0.136. The molecule has 29 heavy (non-hydrogen) atoms. The van der Waals surface area contributed by atoms with Gasteiger partial charge in [-0.25, -0.2) is 9.07 Å². The molecule has 0 aliphatic carbocycles. The summed E-state index contributed by atoms with van der Waals surface area (Å²) < 4.78 is 16.8. The van der Waals surface area contributed by atoms with Crippen molar-refractivity contribution in [1.29, 1.82) is 0 Å². The van der Waals surface area contributed by atoms with E-state index in [0.717, 1.165) is 22.5 Å². The zero-order valence-electron chi connectivity index (χ0n) is 16.1. The second-order valence-corrected chi connectivity index (χ2v) is 6.81. The third-order valence-corrected chi connectivity index (χ3v) is 4.66. The Hall–Kier alpha value is -3.74. The van der Waals surface area contributed by atoms with E-state index in [-0.39, 0.29) is 18.1 Å². The summed E-state index contributed by atoms with van der Waals surface area (Å²) in [6.45, 7) is 1.92. The number of aryl methyl sites for hydroxylation is 2. The van der Waals surface area contributed by atoms with Crippen molar-refractivity contribution in [2.24, 2.45) is 7.05 Å². The zero-order chi connectivity index (χ0) is 20.4. The number of hydrogen-bond donors (Lipinski definition) is 1. The van der Waals surface area contributed by atoms with Gasteiger partial charge in [-0.05, 0) is 43.3 Å². The Morgan fingerprint density at radius 2 is 1.79 bits per heavy atom. The maximum atomic E-state index is 13.4. The van der Waals surface area contributed by atoms with E-state index in [0.29, 0.717) is 11.5 Å². The maximum Gasteiger partial charge on any atom is 0.230 e. The van der Waals surface area contributed by atoms with Crippen LogP contribution in [0.5, 0.6) is 0 Å². The van der Waals surface area contributed by atoms with E-state index in [1.165, 1.54) is 12.1 Å². The SMILES string of the molecule is Cc1cc(NC(=O)Cc2cn(-c3ccccc3)nc2-c2ccc(F)cc2)nn1C. The van der Waals surface area contributed by atoms with Crippen LogP contribution in [-0.2, 0) is 18.3 Å². The molecule has 0 unspecified atom stereocenters. The number of nitrogens with zero attached hydrogens (tertiary/aromatic N) is 4. The highest BCUT2D eigenvalue weighted by Crippen LogP contribution is 2.25. The summed E-state index contributed by atoms with van der Waals surface area (Å²) in [4.78, 5) is 12.6. The Labute approximate surface area is 167 Å². The molecule has 0 spiro atoms. The molecule has 2 aromatic heterocycles. The van der Waals surface area contributed by atoms with Gasteiger partial charge < -0.3 is 5.32 Å². The van der Waals surface area contributed by atoms with Crippen molar-refractivity contribution in [3.63, 3.8) is 0 Å². The fourth-order valence-electron chi connectivity index (χ4n) is 3.08. The number of carbonyl (C=O) groups is 1. The van der Waals surface area contributed by atoms with Gasteiger partial charge in [0.05, 0.1) is 17.8 Å². The smallest absolute Gasteiger partial charge is 0.230 e. The van der Waals surface area contributed by atoms with Gasteiger partial charge in [-0.3, -0.25) is 9.48 Å². The van der Waals surface area contributed by atoms with Gasteiger partial charge in [0.25, 0.3) is 0 Å². The number of para-hydroxylation sites is 1. The fourth-order valence-corrected chi connectivity index (χ4v) is 3.08. The number of carbonyl (C=O) groups excluding carboxylic acids is 1. The van der Waals surface area contributed by atoms with E-state index in [2.05, 4.69) is 15.5 Å². The first-order valence-electron chi connectivity index (χ1n) is 9.20. The molecule has 6 nitrogen and oxygen atoms in total. The summed E-state index contributed by atoms with van der Waals surface area (Å²) in [6, 6.07) is 17.5. The molecule has 2 heterocycles. The van der Waals surface area contributed by atoms with Crippen LogP contribution in [0.25, 0.3) is 16.9 Å². The molecular formula is C22H20FN5O. The summed E-state index contributed by atoms with van der Waals surface area (Å²) >= 11 is 0. The van der Waals surface area contributed by atoms with Gasteiger partial charge in [0.2, 0.25) is 5.91 Å². The Bertz CT molecular complexity index is 1130. The van der Waals surface area contributed by atoms with Crippen LogP contribution >= 0.6 is 0 Å². The predicted molar refractivity (Wildman–Crippen MR) is 109 cm³/mol. The van der Waals surface area contributed by atoms with Gasteiger partial charge in [-0.15, -0.1) is 0 Å². The zero-order valence-corrected chi connectivity index (χ0v) is 16.1. The van der Waals surface area contributed by atoms with Crippen LogP contribution in [0, 0.1) is 12.7 Å². The Balaban J connectivity index is 1.65. The maximum absolute atomic E-state index is 13.4. The number of hydrogen-bond acceptors (Lipinski definition) is 3. The van der Waals surface area contributed by atoms with E-state index in [1.807, 2.05) is 56.6 Å². The van der Waals surface area contributed by atoms with Crippen molar-refractivity contribution in [3.8, 4) is 16.9 Å². The normalized spacial score (nSPS) is 10.9. The molecule has 0 fully saturated rings. The quantitative estimate of drug-likeness (QED) is 0.563. The lowest BCUT2D eigenvalue weighted by molar-refractivity contribution is -0.115. The summed E-state index contributed by atoms with van der Waals surface area (Å²) in [5, 5.41) is 11.7. The van der Waals surface area contributed by atoms with Crippen molar-refractivity contribution in [2.75, 3.05) is 5.32 Å². The van der Waals surface area contributed by atoms with Crippen molar-refractivity contribution in [3.05, 3.63) is 83.9 Å². The lowest BCUT2D eigenvalue weighted by Gasteiger charge is -2.03. The second kappa shape index (κ2) is 7.71. The van der Waals surface area contributed by atoms with Gasteiger partial charge in [0, 0.05) is 36.1 Å². The van der Waals surface area contributed by atoms with Crippen LogP contribution in [0.2, 0.25) is 0 Å². The third-order valence-electron chi connectivity index (χ3n) is 4.66. The average molecular weight is 389 g/mol. The number of halogens is 1. The van der Waals surface area contributed by atoms with Crippen LogP contribution in [0.1, 0.15) is 11.3 Å². The number of anilines is 1. The molecule has 0 saturated carbocycles. The van der Waals surface area contributed by atoms with Gasteiger partial charge >= 0.3 is 0 Å². The van der Waals surface area contributed by atoms with Gasteiger partial charge in [-0.1, -0.05) is 18.2 Å². The van der Waals surface area contributed by atoms with Gasteiger partial charge in [-0.2, -0.15) is 10.2 Å². The lowest BCUT2D eigenvalue weighted by Crippen LogP contribution is -2.15. The summed E-state index contributed by atoms with van der Waals surface area (Å²) in [5.41, 5.74) is 3.96. The Kier molecular flexibility index (Phi) is 4.95. The topological polar surface area (TPSA) is 64.7 Å².